The summed E-state index contributed by atoms with van der Waals surface area (Å²) in [4.78, 5) is 55.5. The van der Waals surface area contributed by atoms with Gasteiger partial charge in [0.2, 0.25) is 5.91 Å². The first-order valence-electron chi connectivity index (χ1n) is 7.26. The van der Waals surface area contributed by atoms with Crippen molar-refractivity contribution >= 4 is 35.0 Å². The molecule has 1 aromatic rings. The Balaban J connectivity index is 1.86. The molecule has 1 heterocycles. The predicted molar refractivity (Wildman–Crippen MR) is 83.3 cm³/mol. The Morgan fingerprint density at radius 3 is 2.38 bits per heavy atom. The first-order chi connectivity index (χ1) is 12.2. The van der Waals surface area contributed by atoms with Crippen LogP contribution < -0.4 is 5.32 Å². The Morgan fingerprint density at radius 1 is 1.27 bits per heavy atom. The minimum absolute atomic E-state index is 0.140. The van der Waals surface area contributed by atoms with Crippen LogP contribution in [0.25, 0.3) is 0 Å². The monoisotopic (exact) mass is 363 g/mol. The van der Waals surface area contributed by atoms with Gasteiger partial charge in [0.25, 0.3) is 5.69 Å². The Kier molecular flexibility index (Phi) is 5.40. The van der Waals surface area contributed by atoms with E-state index in [1.165, 1.54) is 24.3 Å². The number of esters is 1. The lowest BCUT2D eigenvalue weighted by atomic mass is 9.86. The van der Waals surface area contributed by atoms with E-state index in [2.05, 4.69) is 5.32 Å². The SMILES string of the molecule is N=C(C(=O)CC1NC(=O)C1C(=O)O)C(=O)OCc1ccc([N+](=O)[O-])cc1. The molecule has 0 spiro atoms. The van der Waals surface area contributed by atoms with Crippen LogP contribution in [0, 0.1) is 21.4 Å². The smallest absolute Gasteiger partial charge is 0.360 e. The highest BCUT2D eigenvalue weighted by Gasteiger charge is 2.46. The van der Waals surface area contributed by atoms with Gasteiger partial charge in [-0.1, -0.05) is 0 Å². The van der Waals surface area contributed by atoms with Crippen molar-refractivity contribution in [3.63, 3.8) is 0 Å². The molecule has 0 aromatic heterocycles. The molecule has 136 valence electrons. The molecule has 11 heteroatoms. The van der Waals surface area contributed by atoms with Gasteiger partial charge in [-0.15, -0.1) is 0 Å². The van der Waals surface area contributed by atoms with Crippen molar-refractivity contribution < 1.29 is 33.9 Å². The van der Waals surface area contributed by atoms with Gasteiger partial charge in [0.05, 0.1) is 11.0 Å². The molecule has 0 aliphatic carbocycles. The summed E-state index contributed by atoms with van der Waals surface area (Å²) >= 11 is 0. The first-order valence-corrected chi connectivity index (χ1v) is 7.26. The average molecular weight is 363 g/mol. The molecular weight excluding hydrogens is 350 g/mol. The minimum atomic E-state index is -1.39. The summed E-state index contributed by atoms with van der Waals surface area (Å²) in [5, 5.41) is 29.1. The van der Waals surface area contributed by atoms with Crippen LogP contribution in [-0.4, -0.2) is 45.4 Å². The van der Waals surface area contributed by atoms with Crippen LogP contribution in [0.5, 0.6) is 0 Å². The number of carboxylic acids is 1. The van der Waals surface area contributed by atoms with Crippen LogP contribution in [0.15, 0.2) is 24.3 Å². The number of rotatable bonds is 8. The Morgan fingerprint density at radius 2 is 1.88 bits per heavy atom. The van der Waals surface area contributed by atoms with Crippen molar-refractivity contribution in [1.82, 2.24) is 5.32 Å². The van der Waals surface area contributed by atoms with E-state index < -0.39 is 52.6 Å². The highest BCUT2D eigenvalue weighted by Crippen LogP contribution is 2.19. The molecule has 1 aliphatic rings. The third kappa shape index (κ3) is 4.06. The highest BCUT2D eigenvalue weighted by molar-refractivity contribution is 6.63. The maximum absolute atomic E-state index is 11.8. The standard InChI is InChI=1S/C15H13N3O8/c16-12(10(19)5-9-11(14(21)22)13(20)17-9)15(23)26-6-7-1-3-8(4-2-7)18(24)25/h1-4,9,11,16H,5-6H2,(H,17,20)(H,21,22). The molecule has 1 fully saturated rings. The minimum Gasteiger partial charge on any atom is -0.481 e. The molecule has 1 amide bonds. The second kappa shape index (κ2) is 7.51. The van der Waals surface area contributed by atoms with E-state index in [0.717, 1.165) is 0 Å². The number of ether oxygens (including phenoxy) is 1. The number of nitro groups is 1. The van der Waals surface area contributed by atoms with Crippen LogP contribution >= 0.6 is 0 Å². The molecule has 0 bridgehead atoms. The zero-order valence-corrected chi connectivity index (χ0v) is 13.1. The fourth-order valence-corrected chi connectivity index (χ4v) is 2.25. The number of carbonyl (C=O) groups excluding carboxylic acids is 3. The van der Waals surface area contributed by atoms with E-state index in [0.29, 0.717) is 5.56 Å². The number of carbonyl (C=O) groups is 4. The van der Waals surface area contributed by atoms with E-state index in [4.69, 9.17) is 15.3 Å². The van der Waals surface area contributed by atoms with Crippen molar-refractivity contribution in [3.05, 3.63) is 39.9 Å². The average Bonchev–Trinajstić information content (AvgIpc) is 2.57. The maximum atomic E-state index is 11.8. The Labute approximate surface area is 145 Å². The van der Waals surface area contributed by atoms with Crippen molar-refractivity contribution in [2.75, 3.05) is 0 Å². The number of nitrogens with zero attached hydrogens (tertiary/aromatic N) is 1. The summed E-state index contributed by atoms with van der Waals surface area (Å²) < 4.78 is 4.78. The van der Waals surface area contributed by atoms with Gasteiger partial charge in [-0.2, -0.15) is 0 Å². The van der Waals surface area contributed by atoms with Crippen molar-refractivity contribution in [2.45, 2.75) is 19.1 Å². The van der Waals surface area contributed by atoms with Gasteiger partial charge >= 0.3 is 11.9 Å². The van der Waals surface area contributed by atoms with E-state index in [1.807, 2.05) is 0 Å². The highest BCUT2D eigenvalue weighted by atomic mass is 16.6. The normalized spacial score (nSPS) is 18.2. The zero-order chi connectivity index (χ0) is 19.4. The number of hydrogen-bond acceptors (Lipinski definition) is 8. The fourth-order valence-electron chi connectivity index (χ4n) is 2.25. The second-order valence-corrected chi connectivity index (χ2v) is 5.43. The predicted octanol–water partition coefficient (Wildman–Crippen LogP) is -0.184. The van der Waals surface area contributed by atoms with Crippen LogP contribution in [-0.2, 0) is 30.5 Å². The van der Waals surface area contributed by atoms with E-state index in [9.17, 15) is 29.3 Å². The molecule has 2 rings (SSSR count). The van der Waals surface area contributed by atoms with Crippen LogP contribution in [0.3, 0.4) is 0 Å². The number of hydrogen-bond donors (Lipinski definition) is 3. The lowest BCUT2D eigenvalue weighted by molar-refractivity contribution is -0.384. The van der Waals surface area contributed by atoms with Gasteiger partial charge in [-0.3, -0.25) is 29.9 Å². The number of amides is 1. The summed E-state index contributed by atoms with van der Waals surface area (Å²) in [5.41, 5.74) is -0.697. The Hall–Kier alpha value is -3.63. The van der Waals surface area contributed by atoms with Gasteiger partial charge in [0.15, 0.2) is 17.4 Å². The summed E-state index contributed by atoms with van der Waals surface area (Å²) in [7, 11) is 0. The molecule has 0 saturated carbocycles. The summed E-state index contributed by atoms with van der Waals surface area (Å²) in [6.45, 7) is -0.301. The largest absolute Gasteiger partial charge is 0.481 e. The number of aliphatic carboxylic acids is 1. The number of Topliss-reactive ketones (excluding diaryl/α,β-unsaturated/α-hetero) is 1. The van der Waals surface area contributed by atoms with Crippen LogP contribution in [0.4, 0.5) is 5.69 Å². The number of non-ortho nitro benzene ring substituents is 1. The fraction of sp³-hybridized carbons (Fsp3) is 0.267. The molecule has 1 saturated heterocycles. The number of carboxylic acid groups (broad SMARTS) is 1. The zero-order valence-electron chi connectivity index (χ0n) is 13.1. The molecule has 1 aromatic carbocycles. The quantitative estimate of drug-likeness (QED) is 0.142. The lowest BCUT2D eigenvalue weighted by Crippen LogP contribution is -2.62. The topological polar surface area (TPSA) is 177 Å². The molecule has 26 heavy (non-hydrogen) atoms. The summed E-state index contributed by atoms with van der Waals surface area (Å²) in [6, 6.07) is 4.17. The molecule has 0 radical (unpaired) electrons. The van der Waals surface area contributed by atoms with Crippen molar-refractivity contribution in [1.29, 1.82) is 5.41 Å². The third-order valence-electron chi connectivity index (χ3n) is 3.68. The van der Waals surface area contributed by atoms with Crippen molar-refractivity contribution in [3.8, 4) is 0 Å². The molecular formula is C15H13N3O8. The van der Waals surface area contributed by atoms with Crippen LogP contribution in [0.1, 0.15) is 12.0 Å². The van der Waals surface area contributed by atoms with E-state index in [-0.39, 0.29) is 12.3 Å². The number of benzene rings is 1. The van der Waals surface area contributed by atoms with Gasteiger partial charge in [0.1, 0.15) is 6.61 Å². The molecule has 2 atom stereocenters. The van der Waals surface area contributed by atoms with Gasteiger partial charge < -0.3 is 15.2 Å². The molecule has 11 nitrogen and oxygen atoms in total. The molecule has 2 unspecified atom stereocenters. The summed E-state index contributed by atoms with van der Waals surface area (Å²) in [6.07, 6.45) is -0.506. The molecule has 3 N–H and O–H groups in total. The van der Waals surface area contributed by atoms with E-state index in [1.54, 1.807) is 0 Å². The lowest BCUT2D eigenvalue weighted by Gasteiger charge is -2.33. The van der Waals surface area contributed by atoms with Gasteiger partial charge in [0, 0.05) is 18.6 Å². The van der Waals surface area contributed by atoms with Gasteiger partial charge in [-0.05, 0) is 17.7 Å². The second-order valence-electron chi connectivity index (χ2n) is 5.43. The van der Waals surface area contributed by atoms with Gasteiger partial charge in [-0.25, -0.2) is 4.79 Å². The first kappa shape index (κ1) is 18.7. The number of β-lactam (4-membered cyclic amide) rings is 1. The maximum Gasteiger partial charge on any atom is 0.360 e. The van der Waals surface area contributed by atoms with Crippen molar-refractivity contribution in [2.24, 2.45) is 5.92 Å². The third-order valence-corrected chi connectivity index (χ3v) is 3.68. The molecule has 1 aliphatic heterocycles. The summed E-state index contributed by atoms with van der Waals surface area (Å²) in [5.74, 6) is -5.69. The van der Waals surface area contributed by atoms with Crippen LogP contribution in [0.2, 0.25) is 0 Å². The van der Waals surface area contributed by atoms with E-state index >= 15 is 0 Å². The number of ketones is 1. The number of nitro benzene ring substituents is 1. The number of nitrogens with one attached hydrogen (secondary N) is 2. The Bertz CT molecular complexity index is 794.